The molecule has 5 nitrogen and oxygen atoms in total. The van der Waals surface area contributed by atoms with Gasteiger partial charge in [-0.05, 0) is 42.9 Å². The average molecular weight is 345 g/mol. The van der Waals surface area contributed by atoms with E-state index in [0.29, 0.717) is 12.0 Å². The quantitative estimate of drug-likeness (QED) is 0.783. The zero-order valence-electron chi connectivity index (χ0n) is 15.6. The van der Waals surface area contributed by atoms with Crippen molar-refractivity contribution in [2.24, 2.45) is 5.92 Å². The maximum Gasteiger partial charge on any atom is 0.319 e. The summed E-state index contributed by atoms with van der Waals surface area (Å²) >= 11 is 0. The number of benzene rings is 1. The molecule has 2 amide bonds. The molecule has 0 saturated heterocycles. The van der Waals surface area contributed by atoms with E-state index in [9.17, 15) is 9.90 Å². The third-order valence-electron chi connectivity index (χ3n) is 5.84. The lowest BCUT2D eigenvalue weighted by Gasteiger charge is -2.28. The van der Waals surface area contributed by atoms with Gasteiger partial charge in [0.15, 0.2) is 0 Å². The smallest absolute Gasteiger partial charge is 0.319 e. The molecule has 0 spiro atoms. The summed E-state index contributed by atoms with van der Waals surface area (Å²) in [5, 5.41) is 16.0. The van der Waals surface area contributed by atoms with E-state index < -0.39 is 6.10 Å². The van der Waals surface area contributed by atoms with Crippen LogP contribution in [0.4, 0.5) is 10.5 Å². The van der Waals surface area contributed by atoms with Crippen LogP contribution in [0.1, 0.15) is 57.6 Å². The van der Waals surface area contributed by atoms with Crippen molar-refractivity contribution in [3.8, 4) is 0 Å². The summed E-state index contributed by atoms with van der Waals surface area (Å²) in [7, 11) is 0. The van der Waals surface area contributed by atoms with Crippen LogP contribution in [0.15, 0.2) is 18.2 Å². The molecule has 1 aromatic carbocycles. The van der Waals surface area contributed by atoms with E-state index in [1.165, 1.54) is 11.1 Å². The molecule has 1 heterocycles. The number of anilines is 1. The number of fused-ring (bicyclic) bond motifs is 1. The number of carbonyl (C=O) groups excluding carboxylic acids is 1. The molecule has 0 bridgehead atoms. The van der Waals surface area contributed by atoms with E-state index >= 15 is 0 Å². The molecule has 3 atom stereocenters. The molecule has 1 aliphatic carbocycles. The van der Waals surface area contributed by atoms with Crippen molar-refractivity contribution in [1.82, 2.24) is 10.2 Å². The first kappa shape index (κ1) is 18.2. The van der Waals surface area contributed by atoms with Gasteiger partial charge in [-0.1, -0.05) is 38.8 Å². The van der Waals surface area contributed by atoms with E-state index in [4.69, 9.17) is 0 Å². The third-order valence-corrected chi connectivity index (χ3v) is 5.84. The van der Waals surface area contributed by atoms with Gasteiger partial charge in [-0.15, -0.1) is 0 Å². The van der Waals surface area contributed by atoms with Gasteiger partial charge in [0.2, 0.25) is 0 Å². The number of nitrogens with zero attached hydrogens (tertiary/aromatic N) is 1. The minimum Gasteiger partial charge on any atom is -0.391 e. The zero-order valence-corrected chi connectivity index (χ0v) is 15.6. The number of rotatable bonds is 4. The van der Waals surface area contributed by atoms with Gasteiger partial charge in [0.25, 0.3) is 0 Å². The summed E-state index contributed by atoms with van der Waals surface area (Å²) in [6.45, 7) is 8.57. The summed E-state index contributed by atoms with van der Waals surface area (Å²) < 4.78 is 0. The van der Waals surface area contributed by atoms with Crippen molar-refractivity contribution >= 4 is 11.7 Å². The van der Waals surface area contributed by atoms with Crippen molar-refractivity contribution < 1.29 is 9.90 Å². The van der Waals surface area contributed by atoms with Crippen molar-refractivity contribution in [2.45, 2.75) is 77.7 Å². The van der Waals surface area contributed by atoms with Crippen molar-refractivity contribution in [3.63, 3.8) is 0 Å². The molecule has 3 rings (SSSR count). The number of amides is 2. The molecule has 1 aromatic rings. The Morgan fingerprint density at radius 1 is 1.20 bits per heavy atom. The minimum absolute atomic E-state index is 0.136. The van der Waals surface area contributed by atoms with Crippen molar-refractivity contribution in [3.05, 3.63) is 29.3 Å². The Morgan fingerprint density at radius 2 is 1.96 bits per heavy atom. The summed E-state index contributed by atoms with van der Waals surface area (Å²) in [5.41, 5.74) is 3.40. The van der Waals surface area contributed by atoms with Crippen LogP contribution in [0.5, 0.6) is 0 Å². The lowest BCUT2D eigenvalue weighted by molar-refractivity contribution is 0.0955. The number of urea groups is 1. The molecule has 0 aromatic heterocycles. The Morgan fingerprint density at radius 3 is 2.68 bits per heavy atom. The third kappa shape index (κ3) is 4.15. The van der Waals surface area contributed by atoms with Crippen LogP contribution in [0, 0.1) is 5.92 Å². The van der Waals surface area contributed by atoms with Crippen molar-refractivity contribution in [1.29, 1.82) is 0 Å². The molecule has 138 valence electrons. The second kappa shape index (κ2) is 7.75. The maximum absolute atomic E-state index is 12.4. The first-order valence-electron chi connectivity index (χ1n) is 9.56. The lowest BCUT2D eigenvalue weighted by Crippen LogP contribution is -2.46. The molecule has 1 fully saturated rings. The molecule has 0 unspecified atom stereocenters. The Balaban J connectivity index is 1.65. The zero-order chi connectivity index (χ0) is 18.0. The van der Waals surface area contributed by atoms with Crippen LogP contribution in [0.3, 0.4) is 0 Å². The SMILES string of the molecule is CC(C)[C@H](C)N1Cc2cccc(NC(=O)N[C@H]3CCCC[C@H]3O)c2C1. The first-order chi connectivity index (χ1) is 12.0. The second-order valence-electron chi connectivity index (χ2n) is 7.89. The monoisotopic (exact) mass is 345 g/mol. The second-order valence-corrected chi connectivity index (χ2v) is 7.89. The molecule has 1 aliphatic heterocycles. The Labute approximate surface area is 150 Å². The van der Waals surface area contributed by atoms with Crippen LogP contribution in [0.2, 0.25) is 0 Å². The Kier molecular flexibility index (Phi) is 5.64. The highest BCUT2D eigenvalue weighted by Gasteiger charge is 2.28. The van der Waals surface area contributed by atoms with Crippen molar-refractivity contribution in [2.75, 3.05) is 5.32 Å². The van der Waals surface area contributed by atoms with Crippen LogP contribution in [0.25, 0.3) is 0 Å². The van der Waals surface area contributed by atoms with E-state index in [-0.39, 0.29) is 12.1 Å². The predicted octanol–water partition coefficient (Wildman–Crippen LogP) is 3.47. The number of nitrogens with one attached hydrogen (secondary N) is 2. The van der Waals surface area contributed by atoms with E-state index in [0.717, 1.165) is 44.5 Å². The van der Waals surface area contributed by atoms with Gasteiger partial charge < -0.3 is 15.7 Å². The molecule has 2 aliphatic rings. The van der Waals surface area contributed by atoms with Gasteiger partial charge in [0.1, 0.15) is 0 Å². The van der Waals surface area contributed by atoms with Gasteiger partial charge >= 0.3 is 6.03 Å². The highest BCUT2D eigenvalue weighted by Crippen LogP contribution is 2.32. The van der Waals surface area contributed by atoms with Crippen LogP contribution in [-0.2, 0) is 13.1 Å². The average Bonchev–Trinajstić information content (AvgIpc) is 3.01. The van der Waals surface area contributed by atoms with E-state index in [1.54, 1.807) is 0 Å². The van der Waals surface area contributed by atoms with Crippen LogP contribution in [-0.4, -0.2) is 34.2 Å². The molecular weight excluding hydrogens is 314 g/mol. The van der Waals surface area contributed by atoms with E-state index in [1.807, 2.05) is 12.1 Å². The standard InChI is InChI=1S/C20H31N3O2/c1-13(2)14(3)23-11-15-7-6-9-17(16(15)12-23)21-20(25)22-18-8-4-5-10-19(18)24/h6-7,9,13-14,18-19,24H,4-5,8,10-12H2,1-3H3,(H2,21,22,25)/t14-,18-,19+/m0/s1. The summed E-state index contributed by atoms with van der Waals surface area (Å²) in [6.07, 6.45) is 3.29. The Hall–Kier alpha value is -1.59. The molecule has 25 heavy (non-hydrogen) atoms. The topological polar surface area (TPSA) is 64.6 Å². The maximum atomic E-state index is 12.4. The number of aliphatic hydroxyl groups is 1. The summed E-state index contributed by atoms with van der Waals surface area (Å²) in [5.74, 6) is 0.599. The molecule has 0 radical (unpaired) electrons. The lowest BCUT2D eigenvalue weighted by atomic mass is 9.93. The fourth-order valence-electron chi connectivity index (χ4n) is 3.88. The fourth-order valence-corrected chi connectivity index (χ4v) is 3.88. The molecule has 5 heteroatoms. The number of carbonyl (C=O) groups is 1. The number of aliphatic hydroxyl groups excluding tert-OH is 1. The molecule has 1 saturated carbocycles. The van der Waals surface area contributed by atoms with Gasteiger partial charge in [-0.25, -0.2) is 4.79 Å². The molecular formula is C20H31N3O2. The predicted molar refractivity (Wildman–Crippen MR) is 100 cm³/mol. The highest BCUT2D eigenvalue weighted by atomic mass is 16.3. The van der Waals surface area contributed by atoms with Gasteiger partial charge in [-0.2, -0.15) is 0 Å². The van der Waals surface area contributed by atoms with E-state index in [2.05, 4.69) is 42.4 Å². The summed E-state index contributed by atoms with van der Waals surface area (Å²) in [6, 6.07) is 6.28. The Bertz CT molecular complexity index is 617. The highest BCUT2D eigenvalue weighted by molar-refractivity contribution is 5.90. The van der Waals surface area contributed by atoms with Gasteiger partial charge in [0.05, 0.1) is 12.1 Å². The van der Waals surface area contributed by atoms with Crippen LogP contribution < -0.4 is 10.6 Å². The first-order valence-corrected chi connectivity index (χ1v) is 9.56. The normalized spacial score (nSPS) is 24.8. The van der Waals surface area contributed by atoms with Gasteiger partial charge in [0, 0.05) is 24.8 Å². The van der Waals surface area contributed by atoms with Gasteiger partial charge in [-0.3, -0.25) is 4.90 Å². The minimum atomic E-state index is -0.427. The molecule has 3 N–H and O–H groups in total. The fraction of sp³-hybridized carbons (Fsp3) is 0.650. The number of hydrogen-bond acceptors (Lipinski definition) is 3. The van der Waals surface area contributed by atoms with Crippen LogP contribution >= 0.6 is 0 Å². The summed E-state index contributed by atoms with van der Waals surface area (Å²) in [4.78, 5) is 14.9. The number of hydrogen-bond donors (Lipinski definition) is 3. The largest absolute Gasteiger partial charge is 0.391 e.